The van der Waals surface area contributed by atoms with Gasteiger partial charge >= 0.3 is 0 Å². The van der Waals surface area contributed by atoms with Gasteiger partial charge in [0.1, 0.15) is 11.4 Å². The van der Waals surface area contributed by atoms with Crippen LogP contribution in [0.3, 0.4) is 0 Å². The van der Waals surface area contributed by atoms with E-state index in [1.54, 1.807) is 11.5 Å². The van der Waals surface area contributed by atoms with Crippen molar-refractivity contribution in [2.45, 2.75) is 25.8 Å². The third kappa shape index (κ3) is 1.58. The largest absolute Gasteiger partial charge is 0.409 e. The molecule has 0 aromatic carbocycles. The van der Waals surface area contributed by atoms with E-state index in [9.17, 15) is 4.79 Å². The van der Waals surface area contributed by atoms with Crippen LogP contribution in [0.5, 0.6) is 0 Å². The van der Waals surface area contributed by atoms with Gasteiger partial charge in [0, 0.05) is 12.2 Å². The molecular weight excluding hydrogens is 196 g/mol. The molecule has 1 aliphatic carbocycles. The third-order valence-electron chi connectivity index (χ3n) is 2.47. The minimum Gasteiger partial charge on any atom is -0.409 e. The van der Waals surface area contributed by atoms with Crippen LogP contribution in [0.15, 0.2) is 16.1 Å². The Morgan fingerprint density at radius 3 is 2.93 bits per heavy atom. The number of aryl methyl sites for hydroxylation is 1. The van der Waals surface area contributed by atoms with Gasteiger partial charge < -0.3 is 10.9 Å². The van der Waals surface area contributed by atoms with E-state index in [1.807, 2.05) is 0 Å². The fourth-order valence-corrected chi connectivity index (χ4v) is 1.54. The smallest absolute Gasteiger partial charge is 0.264 e. The van der Waals surface area contributed by atoms with Crippen LogP contribution < -0.4 is 11.3 Å². The zero-order valence-corrected chi connectivity index (χ0v) is 8.34. The molecule has 1 fully saturated rings. The van der Waals surface area contributed by atoms with Gasteiger partial charge in [-0.1, -0.05) is 5.16 Å². The second-order valence-electron chi connectivity index (χ2n) is 3.61. The van der Waals surface area contributed by atoms with E-state index in [0.717, 1.165) is 12.8 Å². The number of amidine groups is 1. The summed E-state index contributed by atoms with van der Waals surface area (Å²) < 4.78 is 1.60. The molecule has 0 bridgehead atoms. The van der Waals surface area contributed by atoms with Gasteiger partial charge in [-0.2, -0.15) is 0 Å². The summed E-state index contributed by atoms with van der Waals surface area (Å²) >= 11 is 0. The molecule has 0 unspecified atom stereocenters. The maximum Gasteiger partial charge on any atom is 0.264 e. The van der Waals surface area contributed by atoms with Crippen LogP contribution in [0.4, 0.5) is 0 Å². The maximum absolute atomic E-state index is 11.9. The van der Waals surface area contributed by atoms with Gasteiger partial charge in [-0.05, 0) is 19.8 Å². The molecule has 0 amide bonds. The standard InChI is InChI=1S/C9H12N4O2/c1-5-11-4-7(8(10)12-15)9(14)13(5)6-2-3-6/h4,6,15H,2-3H2,1H3,(H2,10,12). The molecule has 2 rings (SSSR count). The first-order chi connectivity index (χ1) is 7.15. The lowest BCUT2D eigenvalue weighted by molar-refractivity contribution is 0.318. The molecule has 0 spiro atoms. The summed E-state index contributed by atoms with van der Waals surface area (Å²) in [5, 5.41) is 11.3. The third-order valence-corrected chi connectivity index (χ3v) is 2.47. The topological polar surface area (TPSA) is 93.5 Å². The minimum absolute atomic E-state index is 0.148. The van der Waals surface area contributed by atoms with E-state index in [2.05, 4.69) is 10.1 Å². The fourth-order valence-electron chi connectivity index (χ4n) is 1.54. The van der Waals surface area contributed by atoms with Crippen molar-refractivity contribution in [3.8, 4) is 0 Å². The Morgan fingerprint density at radius 1 is 1.73 bits per heavy atom. The second kappa shape index (κ2) is 3.38. The molecule has 0 aliphatic heterocycles. The maximum atomic E-state index is 11.9. The Morgan fingerprint density at radius 2 is 2.40 bits per heavy atom. The van der Waals surface area contributed by atoms with Gasteiger partial charge in [0.2, 0.25) is 0 Å². The lowest BCUT2D eigenvalue weighted by Gasteiger charge is -2.08. The molecule has 0 radical (unpaired) electrons. The van der Waals surface area contributed by atoms with Crippen LogP contribution in [-0.4, -0.2) is 20.6 Å². The van der Waals surface area contributed by atoms with Crippen molar-refractivity contribution in [3.63, 3.8) is 0 Å². The van der Waals surface area contributed by atoms with Crippen molar-refractivity contribution in [2.75, 3.05) is 0 Å². The van der Waals surface area contributed by atoms with E-state index in [-0.39, 0.29) is 23.0 Å². The summed E-state index contributed by atoms with van der Waals surface area (Å²) in [4.78, 5) is 16.0. The molecule has 15 heavy (non-hydrogen) atoms. The van der Waals surface area contributed by atoms with Crippen LogP contribution in [-0.2, 0) is 0 Å². The average Bonchev–Trinajstić information content (AvgIpc) is 3.01. The first-order valence-corrected chi connectivity index (χ1v) is 4.71. The van der Waals surface area contributed by atoms with Gasteiger partial charge in [-0.25, -0.2) is 4.98 Å². The highest BCUT2D eigenvalue weighted by atomic mass is 16.4. The zero-order chi connectivity index (χ0) is 11.0. The van der Waals surface area contributed by atoms with E-state index in [4.69, 9.17) is 10.9 Å². The van der Waals surface area contributed by atoms with Gasteiger partial charge in [-0.15, -0.1) is 0 Å². The molecule has 6 nitrogen and oxygen atoms in total. The zero-order valence-electron chi connectivity index (χ0n) is 8.34. The van der Waals surface area contributed by atoms with E-state index in [1.165, 1.54) is 6.20 Å². The SMILES string of the molecule is Cc1ncc(/C(N)=N\O)c(=O)n1C1CC1. The van der Waals surface area contributed by atoms with Crippen LogP contribution in [0.2, 0.25) is 0 Å². The summed E-state index contributed by atoms with van der Waals surface area (Å²) in [6.07, 6.45) is 3.32. The number of nitrogens with zero attached hydrogens (tertiary/aromatic N) is 3. The van der Waals surface area contributed by atoms with Gasteiger partial charge in [0.05, 0.1) is 0 Å². The molecule has 1 saturated carbocycles. The summed E-state index contributed by atoms with van der Waals surface area (Å²) in [6.45, 7) is 1.77. The highest BCUT2D eigenvalue weighted by Crippen LogP contribution is 2.33. The molecule has 3 N–H and O–H groups in total. The van der Waals surface area contributed by atoms with Gasteiger partial charge in [-0.3, -0.25) is 9.36 Å². The van der Waals surface area contributed by atoms with Crippen LogP contribution in [0, 0.1) is 6.92 Å². The first-order valence-electron chi connectivity index (χ1n) is 4.71. The Bertz CT molecular complexity index is 473. The average molecular weight is 208 g/mol. The van der Waals surface area contributed by atoms with Crippen LogP contribution >= 0.6 is 0 Å². The molecular formula is C9H12N4O2. The van der Waals surface area contributed by atoms with Crippen molar-refractivity contribution in [1.82, 2.24) is 9.55 Å². The number of nitrogens with two attached hydrogens (primary N) is 1. The monoisotopic (exact) mass is 208 g/mol. The second-order valence-corrected chi connectivity index (χ2v) is 3.61. The predicted octanol–water partition coefficient (Wildman–Crippen LogP) is -0.0189. The number of oxime groups is 1. The molecule has 80 valence electrons. The van der Waals surface area contributed by atoms with Crippen LogP contribution in [0.25, 0.3) is 0 Å². The summed E-state index contributed by atoms with van der Waals surface area (Å²) in [7, 11) is 0. The number of aromatic nitrogens is 2. The summed E-state index contributed by atoms with van der Waals surface area (Å²) in [6, 6.07) is 0.233. The molecule has 1 aliphatic rings. The Balaban J connectivity index is 2.60. The van der Waals surface area contributed by atoms with Gasteiger partial charge in [0.25, 0.3) is 5.56 Å². The quantitative estimate of drug-likeness (QED) is 0.309. The predicted molar refractivity (Wildman–Crippen MR) is 54.0 cm³/mol. The first kappa shape index (κ1) is 9.70. The molecule has 1 heterocycles. The Labute approximate surface area is 86.0 Å². The van der Waals surface area contributed by atoms with Crippen LogP contribution in [0.1, 0.15) is 30.3 Å². The number of hydrogen-bond donors (Lipinski definition) is 2. The molecule has 0 saturated heterocycles. The molecule has 0 atom stereocenters. The number of rotatable bonds is 2. The lowest BCUT2D eigenvalue weighted by Crippen LogP contribution is -2.31. The Hall–Kier alpha value is -1.85. The van der Waals surface area contributed by atoms with Crippen molar-refractivity contribution >= 4 is 5.84 Å². The van der Waals surface area contributed by atoms with Crippen molar-refractivity contribution in [3.05, 3.63) is 27.9 Å². The van der Waals surface area contributed by atoms with Gasteiger partial charge in [0.15, 0.2) is 5.84 Å². The highest BCUT2D eigenvalue weighted by molar-refractivity contribution is 5.96. The van der Waals surface area contributed by atoms with E-state index < -0.39 is 0 Å². The summed E-state index contributed by atoms with van der Waals surface area (Å²) in [5.41, 5.74) is 5.29. The van der Waals surface area contributed by atoms with Crippen molar-refractivity contribution in [1.29, 1.82) is 0 Å². The molecule has 1 aromatic heterocycles. The minimum atomic E-state index is -0.236. The molecule has 6 heteroatoms. The van der Waals surface area contributed by atoms with Crippen molar-refractivity contribution < 1.29 is 5.21 Å². The van der Waals surface area contributed by atoms with Crippen molar-refractivity contribution in [2.24, 2.45) is 10.9 Å². The molecule has 1 aromatic rings. The van der Waals surface area contributed by atoms with E-state index in [0.29, 0.717) is 5.82 Å². The fraction of sp³-hybridized carbons (Fsp3) is 0.444. The highest BCUT2D eigenvalue weighted by Gasteiger charge is 2.27. The normalized spacial score (nSPS) is 16.7. The van der Waals surface area contributed by atoms with E-state index >= 15 is 0 Å². The lowest BCUT2D eigenvalue weighted by atomic mass is 10.3. The summed E-state index contributed by atoms with van der Waals surface area (Å²) in [5.74, 6) is 0.471. The Kier molecular flexibility index (Phi) is 2.18. The number of hydrogen-bond acceptors (Lipinski definition) is 4.